The maximum atomic E-state index is 12.3. The minimum Gasteiger partial charge on any atom is -0.264 e. The number of thioether (sulfide) groups is 1. The highest BCUT2D eigenvalue weighted by Crippen LogP contribution is 2.32. The molecule has 1 heterocycles. The lowest BCUT2D eigenvalue weighted by molar-refractivity contribution is 0.340. The lowest BCUT2D eigenvalue weighted by atomic mass is 9.97. The highest BCUT2D eigenvalue weighted by molar-refractivity contribution is 8.17. The highest BCUT2D eigenvalue weighted by Gasteiger charge is 2.21. The predicted octanol–water partition coefficient (Wildman–Crippen LogP) is 4.56. The minimum atomic E-state index is -4.03. The van der Waals surface area contributed by atoms with E-state index in [9.17, 15) is 13.7 Å². The first kappa shape index (κ1) is 19.0. The molecule has 0 spiro atoms. The third-order valence-electron chi connectivity index (χ3n) is 3.97. The summed E-state index contributed by atoms with van der Waals surface area (Å²) in [7, 11) is -4.03. The van der Waals surface area contributed by atoms with E-state index in [0.717, 1.165) is 16.7 Å². The molecule has 3 rings (SSSR count). The van der Waals surface area contributed by atoms with E-state index < -0.39 is 10.1 Å². The van der Waals surface area contributed by atoms with Crippen LogP contribution in [0.4, 0.5) is 0 Å². The molecule has 136 valence electrons. The molecule has 0 unspecified atom stereocenters. The number of nitriles is 1. The van der Waals surface area contributed by atoms with Crippen molar-refractivity contribution in [2.75, 3.05) is 0 Å². The van der Waals surface area contributed by atoms with Gasteiger partial charge in [-0.15, -0.1) is 0 Å². The molecule has 0 saturated heterocycles. The van der Waals surface area contributed by atoms with Crippen molar-refractivity contribution < 1.29 is 12.7 Å². The number of allylic oxidation sites excluding steroid dienone is 2. The van der Waals surface area contributed by atoms with Gasteiger partial charge in [0.25, 0.3) is 0 Å². The lowest BCUT2D eigenvalue weighted by Crippen LogP contribution is -2.05. The Kier molecular flexibility index (Phi) is 5.49. The SMILES string of the molecule is Cc1ccc(S(=O)(=O)O/N=C2/SC=C/C2=C(\C#N)c2ccccc2C)cc1. The molecule has 1 aliphatic heterocycles. The normalized spacial score (nSPS) is 17.0. The van der Waals surface area contributed by atoms with Gasteiger partial charge in [-0.3, -0.25) is 4.28 Å². The second-order valence-corrected chi connectivity index (χ2v) is 8.30. The zero-order valence-corrected chi connectivity index (χ0v) is 16.3. The van der Waals surface area contributed by atoms with E-state index in [1.165, 1.54) is 23.9 Å². The third kappa shape index (κ3) is 4.13. The fourth-order valence-electron chi connectivity index (χ4n) is 2.51. The Morgan fingerprint density at radius 1 is 1.11 bits per heavy atom. The second-order valence-electron chi connectivity index (χ2n) is 5.87. The van der Waals surface area contributed by atoms with E-state index in [0.29, 0.717) is 16.2 Å². The van der Waals surface area contributed by atoms with Gasteiger partial charge in [0, 0.05) is 5.57 Å². The average molecular weight is 396 g/mol. The first-order valence-electron chi connectivity index (χ1n) is 8.04. The molecule has 2 aromatic rings. The van der Waals surface area contributed by atoms with Gasteiger partial charge in [0.1, 0.15) is 16.0 Å². The molecule has 27 heavy (non-hydrogen) atoms. The van der Waals surface area contributed by atoms with Gasteiger partial charge < -0.3 is 0 Å². The van der Waals surface area contributed by atoms with E-state index in [-0.39, 0.29) is 4.90 Å². The van der Waals surface area contributed by atoms with Crippen molar-refractivity contribution in [2.45, 2.75) is 18.7 Å². The topological polar surface area (TPSA) is 79.5 Å². The van der Waals surface area contributed by atoms with Crippen molar-refractivity contribution in [3.8, 4) is 6.07 Å². The summed E-state index contributed by atoms with van der Waals surface area (Å²) >= 11 is 1.20. The maximum Gasteiger partial charge on any atom is 0.358 e. The van der Waals surface area contributed by atoms with Crippen molar-refractivity contribution in [3.63, 3.8) is 0 Å². The Bertz CT molecular complexity index is 1110. The number of nitrogens with zero attached hydrogens (tertiary/aromatic N) is 2. The third-order valence-corrected chi connectivity index (χ3v) is 5.88. The standard InChI is InChI=1S/C20H16N2O3S2/c1-14-7-9-16(10-8-14)27(23,24)25-22-20-18(11-12-26-20)19(13-21)17-6-4-3-5-15(17)2/h3-12H,1-2H3/b19-18-,22-20+. The molecule has 0 amide bonds. The molecule has 0 radical (unpaired) electrons. The fourth-order valence-corrected chi connectivity index (χ4v) is 4.00. The van der Waals surface area contributed by atoms with Gasteiger partial charge >= 0.3 is 10.1 Å². The Morgan fingerprint density at radius 3 is 2.48 bits per heavy atom. The van der Waals surface area contributed by atoms with Crippen LogP contribution in [0.25, 0.3) is 5.57 Å². The molecule has 1 aliphatic rings. The minimum absolute atomic E-state index is 0.0262. The fraction of sp³-hybridized carbons (Fsp3) is 0.100. The van der Waals surface area contributed by atoms with Crippen LogP contribution in [0.15, 0.2) is 75.6 Å². The largest absolute Gasteiger partial charge is 0.358 e. The van der Waals surface area contributed by atoms with Crippen LogP contribution in [-0.2, 0) is 14.4 Å². The molecule has 0 saturated carbocycles. The van der Waals surface area contributed by atoms with E-state index >= 15 is 0 Å². The molecule has 0 fully saturated rings. The first-order chi connectivity index (χ1) is 12.9. The van der Waals surface area contributed by atoms with Gasteiger partial charge in [0.15, 0.2) is 0 Å². The second kappa shape index (κ2) is 7.82. The summed E-state index contributed by atoms with van der Waals surface area (Å²) in [6, 6.07) is 16.0. The summed E-state index contributed by atoms with van der Waals surface area (Å²) in [5, 5.41) is 15.5. The Hall–Kier alpha value is -2.82. The lowest BCUT2D eigenvalue weighted by Gasteiger charge is -2.07. The van der Waals surface area contributed by atoms with Crippen LogP contribution in [0.3, 0.4) is 0 Å². The summed E-state index contributed by atoms with van der Waals surface area (Å²) in [6.45, 7) is 3.78. The van der Waals surface area contributed by atoms with Crippen LogP contribution >= 0.6 is 11.8 Å². The average Bonchev–Trinajstić information content (AvgIpc) is 3.11. The maximum absolute atomic E-state index is 12.3. The summed E-state index contributed by atoms with van der Waals surface area (Å²) in [5.41, 5.74) is 3.62. The van der Waals surface area contributed by atoms with Crippen molar-refractivity contribution in [1.29, 1.82) is 5.26 Å². The number of oxime groups is 1. The van der Waals surface area contributed by atoms with E-state index in [4.69, 9.17) is 4.28 Å². The molecule has 0 aliphatic carbocycles. The van der Waals surface area contributed by atoms with E-state index in [1.54, 1.807) is 23.6 Å². The van der Waals surface area contributed by atoms with Crippen LogP contribution in [0.2, 0.25) is 0 Å². The van der Waals surface area contributed by atoms with Gasteiger partial charge in [-0.05, 0) is 48.6 Å². The van der Waals surface area contributed by atoms with Gasteiger partial charge in [-0.25, -0.2) is 0 Å². The molecule has 5 nitrogen and oxygen atoms in total. The van der Waals surface area contributed by atoms with Crippen molar-refractivity contribution in [2.24, 2.45) is 5.16 Å². The van der Waals surface area contributed by atoms with E-state index in [1.807, 2.05) is 38.1 Å². The van der Waals surface area contributed by atoms with Crippen LogP contribution in [0.1, 0.15) is 16.7 Å². The molecular weight excluding hydrogens is 380 g/mol. The quantitative estimate of drug-likeness (QED) is 0.559. The number of benzene rings is 2. The van der Waals surface area contributed by atoms with E-state index in [2.05, 4.69) is 11.2 Å². The number of hydrogen-bond donors (Lipinski definition) is 0. The molecule has 0 atom stereocenters. The molecule has 0 aromatic heterocycles. The monoisotopic (exact) mass is 396 g/mol. The molecule has 2 aromatic carbocycles. The molecule has 7 heteroatoms. The summed E-state index contributed by atoms with van der Waals surface area (Å²) < 4.78 is 29.5. The summed E-state index contributed by atoms with van der Waals surface area (Å²) in [6.07, 6.45) is 1.73. The van der Waals surface area contributed by atoms with Crippen molar-refractivity contribution >= 4 is 32.5 Å². The number of hydrogen-bond acceptors (Lipinski definition) is 6. The summed E-state index contributed by atoms with van der Waals surface area (Å²) in [4.78, 5) is 0.0262. The predicted molar refractivity (Wildman–Crippen MR) is 107 cm³/mol. The zero-order valence-electron chi connectivity index (χ0n) is 14.7. The Labute approximate surface area is 162 Å². The molecule has 0 N–H and O–H groups in total. The van der Waals surface area contributed by atoms with Crippen molar-refractivity contribution in [1.82, 2.24) is 0 Å². The Morgan fingerprint density at radius 2 is 1.81 bits per heavy atom. The van der Waals surface area contributed by atoms with Gasteiger partial charge in [-0.2, -0.15) is 13.7 Å². The smallest absolute Gasteiger partial charge is 0.264 e. The van der Waals surface area contributed by atoms with Crippen molar-refractivity contribution in [3.05, 3.63) is 82.3 Å². The number of rotatable bonds is 4. The van der Waals surface area contributed by atoms with Crippen LogP contribution in [0, 0.1) is 25.2 Å². The highest BCUT2D eigenvalue weighted by atomic mass is 32.2. The van der Waals surface area contributed by atoms with Crippen LogP contribution in [0.5, 0.6) is 0 Å². The van der Waals surface area contributed by atoms with Gasteiger partial charge in [0.05, 0.1) is 5.57 Å². The summed E-state index contributed by atoms with van der Waals surface area (Å²) in [5.74, 6) is 0. The van der Waals surface area contributed by atoms with Crippen LogP contribution in [-0.4, -0.2) is 13.5 Å². The first-order valence-corrected chi connectivity index (χ1v) is 10.3. The number of aryl methyl sites for hydroxylation is 2. The van der Waals surface area contributed by atoms with Crippen LogP contribution < -0.4 is 0 Å². The van der Waals surface area contributed by atoms with Gasteiger partial charge in [0.2, 0.25) is 0 Å². The molecule has 0 bridgehead atoms. The molecular formula is C20H16N2O3S2. The van der Waals surface area contributed by atoms with Gasteiger partial charge in [-0.1, -0.05) is 58.9 Å². The Balaban J connectivity index is 1.96. The zero-order chi connectivity index (χ0) is 19.4.